The normalized spacial score (nSPS) is 12.7. The summed E-state index contributed by atoms with van der Waals surface area (Å²) in [5, 5.41) is -0.366. The van der Waals surface area contributed by atoms with E-state index in [1.165, 1.54) is 18.5 Å². The molecule has 0 aliphatic heterocycles. The van der Waals surface area contributed by atoms with Crippen molar-refractivity contribution in [1.82, 2.24) is 15.4 Å². The highest BCUT2D eigenvalue weighted by atomic mass is 32.2. The van der Waals surface area contributed by atoms with E-state index in [1.54, 1.807) is 19.3 Å². The second kappa shape index (κ2) is 9.80. The Morgan fingerprint density at radius 3 is 1.97 bits per heavy atom. The first-order chi connectivity index (χ1) is 15.1. The third-order valence-electron chi connectivity index (χ3n) is 3.93. The van der Waals surface area contributed by atoms with Crippen LogP contribution in [0.5, 0.6) is 0 Å². The van der Waals surface area contributed by atoms with Crippen LogP contribution in [0.1, 0.15) is 20.3 Å². The molecule has 1 aromatic carbocycles. The van der Waals surface area contributed by atoms with E-state index < -0.39 is 44.9 Å². The molecule has 2 aromatic rings. The van der Waals surface area contributed by atoms with Gasteiger partial charge in [0.2, 0.25) is 17.9 Å². The third kappa shape index (κ3) is 7.20. The van der Waals surface area contributed by atoms with E-state index in [0.717, 1.165) is 12.1 Å². The summed E-state index contributed by atoms with van der Waals surface area (Å²) in [5.74, 6) is -1.72. The number of rotatable bonds is 8. The zero-order valence-electron chi connectivity index (χ0n) is 17.1. The van der Waals surface area contributed by atoms with Gasteiger partial charge in [0.15, 0.2) is 0 Å². The topological polar surface area (TPSA) is 104 Å². The lowest BCUT2D eigenvalue weighted by Crippen LogP contribution is -2.61. The average molecular weight is 499 g/mol. The van der Waals surface area contributed by atoms with Crippen molar-refractivity contribution in [2.45, 2.75) is 43.6 Å². The zero-order valence-corrected chi connectivity index (χ0v) is 18.0. The maximum atomic E-state index is 13.3. The summed E-state index contributed by atoms with van der Waals surface area (Å²) in [7, 11) is -4.30. The van der Waals surface area contributed by atoms with E-state index in [1.807, 2.05) is 4.72 Å². The van der Waals surface area contributed by atoms with Gasteiger partial charge < -0.3 is 0 Å². The predicted octanol–water partition coefficient (Wildman–Crippen LogP) is 3.65. The molecule has 1 heterocycles. The third-order valence-corrected chi connectivity index (χ3v) is 5.28. The van der Waals surface area contributed by atoms with Crippen LogP contribution in [0.2, 0.25) is 0 Å². The Hall–Kier alpha value is -3.10. The number of alkyl halides is 6. The van der Waals surface area contributed by atoms with Gasteiger partial charge in [0.1, 0.15) is 0 Å². The van der Waals surface area contributed by atoms with Crippen LogP contribution in [0.4, 0.5) is 38.0 Å². The first-order valence-corrected chi connectivity index (χ1v) is 10.7. The van der Waals surface area contributed by atoms with Crippen LogP contribution in [0, 0.1) is 5.92 Å². The van der Waals surface area contributed by atoms with Crippen molar-refractivity contribution < 1.29 is 39.6 Å². The van der Waals surface area contributed by atoms with Crippen molar-refractivity contribution >= 4 is 27.6 Å². The van der Waals surface area contributed by atoms with Crippen LogP contribution >= 0.6 is 0 Å². The van der Waals surface area contributed by atoms with Gasteiger partial charge in [0.25, 0.3) is 10.0 Å². The molecule has 8 nitrogen and oxygen atoms in total. The lowest BCUT2D eigenvalue weighted by Gasteiger charge is -2.35. The fourth-order valence-corrected chi connectivity index (χ4v) is 3.58. The number of benzene rings is 1. The summed E-state index contributed by atoms with van der Waals surface area (Å²) >= 11 is 0. The van der Waals surface area contributed by atoms with Crippen LogP contribution in [0.3, 0.4) is 0 Å². The van der Waals surface area contributed by atoms with Crippen molar-refractivity contribution in [2.75, 3.05) is 9.73 Å². The summed E-state index contributed by atoms with van der Waals surface area (Å²) < 4.78 is 107. The maximum absolute atomic E-state index is 13.3. The first-order valence-electron chi connectivity index (χ1n) is 9.23. The highest BCUT2D eigenvalue weighted by Crippen LogP contribution is 2.38. The molecule has 182 valence electrons. The molecule has 0 radical (unpaired) electrons. The lowest BCUT2D eigenvalue weighted by atomic mass is 10.1. The largest absolute Gasteiger partial charge is 0.419 e. The molecule has 0 saturated heterocycles. The molecule has 1 amide bonds. The molecule has 0 spiro atoms. The van der Waals surface area contributed by atoms with Crippen LogP contribution in [0.15, 0.2) is 47.6 Å². The SMILES string of the molecule is CC(C)CC(=O)NN(c1ccc(S(=O)(=O)Nc2ncccn2)cc1)C(C(F)(F)F)C(F)(F)F. The van der Waals surface area contributed by atoms with Crippen LogP contribution in [-0.4, -0.2) is 42.7 Å². The molecular weight excluding hydrogens is 480 g/mol. The molecule has 0 saturated carbocycles. The Bertz CT molecular complexity index is 1030. The molecule has 33 heavy (non-hydrogen) atoms. The second-order valence-electron chi connectivity index (χ2n) is 7.16. The number of amides is 1. The quantitative estimate of drug-likeness (QED) is 0.425. The highest BCUT2D eigenvalue weighted by Gasteiger charge is 2.60. The number of sulfonamides is 1. The number of nitrogens with one attached hydrogen (secondary N) is 2. The maximum Gasteiger partial charge on any atom is 0.419 e. The Morgan fingerprint density at radius 2 is 1.52 bits per heavy atom. The molecule has 0 fully saturated rings. The van der Waals surface area contributed by atoms with Gasteiger partial charge in [-0.05, 0) is 36.2 Å². The number of carbonyl (C=O) groups is 1. The number of hydrazine groups is 1. The molecule has 0 aliphatic rings. The Morgan fingerprint density at radius 1 is 1.00 bits per heavy atom. The van der Waals surface area contributed by atoms with Crippen molar-refractivity contribution in [2.24, 2.45) is 5.92 Å². The number of hydrogen-bond donors (Lipinski definition) is 2. The summed E-state index contributed by atoms with van der Waals surface area (Å²) in [6.45, 7) is 3.11. The smallest absolute Gasteiger partial charge is 0.273 e. The minimum atomic E-state index is -5.81. The number of carbonyl (C=O) groups excluding carboxylic acids is 1. The van der Waals surface area contributed by atoms with E-state index in [0.29, 0.717) is 12.1 Å². The first kappa shape index (κ1) is 26.2. The number of aromatic nitrogens is 2. The van der Waals surface area contributed by atoms with E-state index >= 15 is 0 Å². The molecule has 2 N–H and O–H groups in total. The predicted molar refractivity (Wildman–Crippen MR) is 105 cm³/mol. The van der Waals surface area contributed by atoms with Gasteiger partial charge in [-0.25, -0.2) is 23.1 Å². The van der Waals surface area contributed by atoms with Gasteiger partial charge in [-0.1, -0.05) is 13.8 Å². The Labute approximate surface area is 185 Å². The van der Waals surface area contributed by atoms with E-state index in [2.05, 4.69) is 9.97 Å². The highest BCUT2D eigenvalue weighted by molar-refractivity contribution is 7.92. The Kier molecular flexibility index (Phi) is 7.77. The molecule has 1 aromatic heterocycles. The lowest BCUT2D eigenvalue weighted by molar-refractivity contribution is -0.251. The van der Waals surface area contributed by atoms with E-state index in [9.17, 15) is 39.6 Å². The van der Waals surface area contributed by atoms with Gasteiger partial charge in [-0.3, -0.25) is 15.2 Å². The minimum absolute atomic E-state index is 0.293. The minimum Gasteiger partial charge on any atom is -0.273 e. The van der Waals surface area contributed by atoms with E-state index in [-0.39, 0.29) is 23.3 Å². The van der Waals surface area contributed by atoms with Crippen LogP contribution in [0.25, 0.3) is 0 Å². The van der Waals surface area contributed by atoms with Gasteiger partial charge >= 0.3 is 12.4 Å². The summed E-state index contributed by atoms with van der Waals surface area (Å²) in [5.41, 5.74) is 0.911. The molecule has 2 rings (SSSR count). The summed E-state index contributed by atoms with van der Waals surface area (Å²) in [6.07, 6.45) is -9.45. The van der Waals surface area contributed by atoms with Gasteiger partial charge in [-0.15, -0.1) is 0 Å². The zero-order chi connectivity index (χ0) is 25.0. The Balaban J connectivity index is 2.43. The molecule has 15 heteroatoms. The number of hydrogen-bond acceptors (Lipinski definition) is 6. The molecule has 0 atom stereocenters. The van der Waals surface area contributed by atoms with Crippen LogP contribution in [-0.2, 0) is 14.8 Å². The van der Waals surface area contributed by atoms with Gasteiger partial charge in [0.05, 0.1) is 10.6 Å². The van der Waals surface area contributed by atoms with Crippen molar-refractivity contribution in [3.63, 3.8) is 0 Å². The number of anilines is 2. The molecule has 0 aliphatic carbocycles. The monoisotopic (exact) mass is 499 g/mol. The van der Waals surface area contributed by atoms with Crippen LogP contribution < -0.4 is 15.2 Å². The van der Waals surface area contributed by atoms with Crippen molar-refractivity contribution in [3.8, 4) is 0 Å². The standard InChI is InChI=1S/C18H19F6N5O3S/c1-11(2)10-14(30)27-29(15(17(19,20)21)18(22,23)24)12-4-6-13(7-5-12)33(31,32)28-16-25-8-3-9-26-16/h3-9,11,15H,10H2,1-2H3,(H,27,30)(H,25,26,28). The average Bonchev–Trinajstić information content (AvgIpc) is 2.65. The summed E-state index contributed by atoms with van der Waals surface area (Å²) in [4.78, 5) is 18.9. The number of halogens is 6. The van der Waals surface area contributed by atoms with Crippen molar-refractivity contribution in [3.05, 3.63) is 42.7 Å². The fraction of sp³-hybridized carbons (Fsp3) is 0.389. The van der Waals surface area contributed by atoms with Crippen molar-refractivity contribution in [1.29, 1.82) is 0 Å². The molecule has 0 unspecified atom stereocenters. The second-order valence-corrected chi connectivity index (χ2v) is 8.84. The summed E-state index contributed by atoms with van der Waals surface area (Å²) in [6, 6.07) is 0.338. The molecular formula is C18H19F6N5O3S. The van der Waals surface area contributed by atoms with Gasteiger partial charge in [0, 0.05) is 18.8 Å². The number of nitrogens with zero attached hydrogens (tertiary/aromatic N) is 3. The fourth-order valence-electron chi connectivity index (χ4n) is 2.62. The van der Waals surface area contributed by atoms with Gasteiger partial charge in [-0.2, -0.15) is 26.3 Å². The van der Waals surface area contributed by atoms with E-state index in [4.69, 9.17) is 0 Å². The molecule has 0 bridgehead atoms.